The van der Waals surface area contributed by atoms with Crippen LogP contribution in [0.4, 0.5) is 0 Å². The Hall–Kier alpha value is 0.596. The minimum Gasteiger partial charge on any atom is -1.00 e. The van der Waals surface area contributed by atoms with Gasteiger partial charge in [-0.25, -0.2) is 4.18 Å². The van der Waals surface area contributed by atoms with Crippen LogP contribution in [0.1, 0.15) is 80.9 Å². The average molecular weight is 339 g/mol. The average Bonchev–Trinajstić information content (AvgIpc) is 2.35. The van der Waals surface area contributed by atoms with Crippen molar-refractivity contribution >= 4 is 33.5 Å². The minimum atomic E-state index is -4.23. The first-order valence-electron chi connectivity index (χ1n) is 7.70. The van der Waals surface area contributed by atoms with Gasteiger partial charge in [0.2, 0.25) is 0 Å². The zero-order valence-corrected chi connectivity index (χ0v) is 16.0. The summed E-state index contributed by atoms with van der Waals surface area (Å²) in [6, 6.07) is 0. The molecule has 0 aliphatic heterocycles. The quantitative estimate of drug-likeness (QED) is 0.323. The van der Waals surface area contributed by atoms with E-state index in [1.807, 2.05) is 0 Å². The number of hydrogen-bond donors (Lipinski definition) is 2. The summed E-state index contributed by atoms with van der Waals surface area (Å²) in [5.74, 6) is 0. The van der Waals surface area contributed by atoms with Gasteiger partial charge in [-0.1, -0.05) is 64.7 Å². The largest absolute Gasteiger partial charge is 2.00 e. The van der Waals surface area contributed by atoms with Crippen molar-refractivity contribution in [3.8, 4) is 0 Å². The van der Waals surface area contributed by atoms with Crippen molar-refractivity contribution in [3.63, 3.8) is 0 Å². The van der Waals surface area contributed by atoms with E-state index in [0.717, 1.165) is 12.8 Å². The fourth-order valence-electron chi connectivity index (χ4n) is 1.75. The monoisotopic (exact) mass is 338 g/mol. The molecule has 21 heavy (non-hydrogen) atoms. The van der Waals surface area contributed by atoms with Crippen LogP contribution in [-0.2, 0) is 14.6 Å². The number of aliphatic hydroxyl groups excluding tert-OH is 1. The topological polar surface area (TPSA) is 83.8 Å². The van der Waals surface area contributed by atoms with E-state index in [9.17, 15) is 8.42 Å². The van der Waals surface area contributed by atoms with Gasteiger partial charge in [0, 0.05) is 6.61 Å². The van der Waals surface area contributed by atoms with E-state index >= 15 is 0 Å². The first-order chi connectivity index (χ1) is 9.47. The second-order valence-corrected chi connectivity index (χ2v) is 5.84. The van der Waals surface area contributed by atoms with Gasteiger partial charge in [-0.05, 0) is 13.3 Å². The van der Waals surface area contributed by atoms with Gasteiger partial charge in [0.1, 0.15) is 0 Å². The van der Waals surface area contributed by atoms with Crippen molar-refractivity contribution in [2.45, 2.75) is 78.1 Å². The Balaban J connectivity index is -0.000000166. The van der Waals surface area contributed by atoms with E-state index in [-0.39, 0.29) is 39.1 Å². The molecule has 128 valence electrons. The van der Waals surface area contributed by atoms with E-state index in [2.05, 4.69) is 11.1 Å². The molecule has 0 aliphatic carbocycles. The third kappa shape index (κ3) is 33.4. The summed E-state index contributed by atoms with van der Waals surface area (Å²) < 4.78 is 33.0. The van der Waals surface area contributed by atoms with Crippen molar-refractivity contribution in [2.75, 3.05) is 13.2 Å². The second kappa shape index (κ2) is 20.6. The third-order valence-electron chi connectivity index (χ3n) is 2.73. The Morgan fingerprint density at radius 3 is 1.52 bits per heavy atom. The molecule has 0 atom stereocenters. The molecule has 0 rings (SSSR count). The summed E-state index contributed by atoms with van der Waals surface area (Å²) in [6.07, 6.45) is 11.9. The molecule has 0 amide bonds. The molecule has 0 unspecified atom stereocenters. The first-order valence-corrected chi connectivity index (χ1v) is 9.07. The van der Waals surface area contributed by atoms with Crippen molar-refractivity contribution in [3.05, 3.63) is 0 Å². The maximum Gasteiger partial charge on any atom is 2.00 e. The van der Waals surface area contributed by atoms with Gasteiger partial charge in [-0.15, -0.1) is 0 Å². The Kier molecular flexibility index (Phi) is 26.0. The van der Waals surface area contributed by atoms with Crippen LogP contribution in [0.5, 0.6) is 0 Å². The van der Waals surface area contributed by atoms with Crippen molar-refractivity contribution in [2.24, 2.45) is 0 Å². The second-order valence-electron chi connectivity index (χ2n) is 4.75. The summed E-state index contributed by atoms with van der Waals surface area (Å²) in [5.41, 5.74) is 0. The van der Waals surface area contributed by atoms with Crippen LogP contribution in [0.3, 0.4) is 0 Å². The van der Waals surface area contributed by atoms with E-state index in [4.69, 9.17) is 9.66 Å². The van der Waals surface area contributed by atoms with Gasteiger partial charge in [0.25, 0.3) is 0 Å². The fraction of sp³-hybridized carbons (Fsp3) is 1.00. The van der Waals surface area contributed by atoms with Crippen molar-refractivity contribution in [1.82, 2.24) is 0 Å². The van der Waals surface area contributed by atoms with Crippen LogP contribution < -0.4 is 0 Å². The Morgan fingerprint density at radius 1 is 0.857 bits per heavy atom. The molecule has 7 heteroatoms. The molecule has 0 spiro atoms. The maximum absolute atomic E-state index is 10.2. The molecule has 2 N–H and O–H groups in total. The molecule has 0 saturated heterocycles. The fourth-order valence-corrected chi connectivity index (χ4v) is 2.08. The SMILES string of the molecule is CCCCCCCCCCCCOS(=O)(=O)O.CCO.[H-].[H-].[Mg+2]. The molecule has 0 radical (unpaired) electrons. The zero-order valence-electron chi connectivity index (χ0n) is 15.7. The summed E-state index contributed by atoms with van der Waals surface area (Å²) in [7, 11) is -4.23. The Bertz CT molecular complexity index is 280. The predicted molar refractivity (Wildman–Crippen MR) is 90.1 cm³/mol. The van der Waals surface area contributed by atoms with Crippen molar-refractivity contribution < 1.29 is 25.1 Å². The molecule has 0 fully saturated rings. The van der Waals surface area contributed by atoms with Crippen molar-refractivity contribution in [1.29, 1.82) is 0 Å². The molecular formula is C14H34MgO5S. The van der Waals surface area contributed by atoms with Crippen LogP contribution in [0.25, 0.3) is 0 Å². The molecule has 0 aromatic heterocycles. The number of aliphatic hydroxyl groups is 1. The Morgan fingerprint density at radius 2 is 1.19 bits per heavy atom. The number of hydrogen-bond acceptors (Lipinski definition) is 4. The van der Waals surface area contributed by atoms with Crippen LogP contribution in [0.15, 0.2) is 0 Å². The summed E-state index contributed by atoms with van der Waals surface area (Å²) in [4.78, 5) is 0. The summed E-state index contributed by atoms with van der Waals surface area (Å²) in [6.45, 7) is 4.24. The van der Waals surface area contributed by atoms with Crippen LogP contribution in [-0.4, -0.2) is 54.3 Å². The molecule has 0 aromatic rings. The van der Waals surface area contributed by atoms with Gasteiger partial charge in [0.05, 0.1) is 6.61 Å². The molecule has 0 aliphatic rings. The van der Waals surface area contributed by atoms with E-state index in [1.165, 1.54) is 44.9 Å². The predicted octanol–water partition coefficient (Wildman–Crippen LogP) is 3.57. The normalized spacial score (nSPS) is 10.5. The summed E-state index contributed by atoms with van der Waals surface area (Å²) >= 11 is 0. The number of unbranched alkanes of at least 4 members (excludes halogenated alkanes) is 9. The van der Waals surface area contributed by atoms with Gasteiger partial charge >= 0.3 is 33.5 Å². The first kappa shape index (κ1) is 26.5. The third-order valence-corrected chi connectivity index (χ3v) is 3.19. The molecule has 0 heterocycles. The number of rotatable bonds is 12. The molecule has 5 nitrogen and oxygen atoms in total. The Labute approximate surface area is 149 Å². The van der Waals surface area contributed by atoms with Crippen LogP contribution >= 0.6 is 0 Å². The van der Waals surface area contributed by atoms with Gasteiger partial charge < -0.3 is 7.96 Å². The summed E-state index contributed by atoms with van der Waals surface area (Å²) in [5, 5.41) is 7.57. The van der Waals surface area contributed by atoms with Crippen LogP contribution in [0.2, 0.25) is 0 Å². The molecule has 0 aromatic carbocycles. The van der Waals surface area contributed by atoms with E-state index in [1.54, 1.807) is 6.92 Å². The standard InChI is InChI=1S/C12H26O4S.C2H6O.Mg.2H/c1-2-3-4-5-6-7-8-9-10-11-12-16-17(13,14)15;1-2-3;;;/h2-12H2,1H3,(H,13,14,15);3H,2H2,1H3;;;/q;;+2;2*-1. The van der Waals surface area contributed by atoms with E-state index in [0.29, 0.717) is 6.42 Å². The molecule has 0 saturated carbocycles. The molecule has 0 bridgehead atoms. The van der Waals surface area contributed by atoms with Gasteiger partial charge in [-0.2, -0.15) is 8.42 Å². The molecular weight excluding hydrogens is 305 g/mol. The van der Waals surface area contributed by atoms with E-state index < -0.39 is 10.4 Å². The van der Waals surface area contributed by atoms with Gasteiger partial charge in [0.15, 0.2) is 0 Å². The van der Waals surface area contributed by atoms with Gasteiger partial charge in [-0.3, -0.25) is 4.55 Å². The zero-order chi connectivity index (χ0) is 15.7. The smallest absolute Gasteiger partial charge is 1.00 e. The van der Waals surface area contributed by atoms with Crippen LogP contribution in [0, 0.1) is 0 Å². The minimum absolute atomic E-state index is 0. The maximum atomic E-state index is 10.2.